The molecular weight excluding hydrogens is 288 g/mol. The molecule has 0 spiro atoms. The van der Waals surface area contributed by atoms with Gasteiger partial charge in [-0.15, -0.1) is 0 Å². The van der Waals surface area contributed by atoms with Crippen LogP contribution in [0.1, 0.15) is 24.9 Å². The van der Waals surface area contributed by atoms with Gasteiger partial charge in [-0.3, -0.25) is 4.90 Å². The molecule has 1 aromatic carbocycles. The van der Waals surface area contributed by atoms with Gasteiger partial charge in [0.15, 0.2) is 11.6 Å². The van der Waals surface area contributed by atoms with Crippen LogP contribution < -0.4 is 10.5 Å². The first-order valence-electron chi connectivity index (χ1n) is 6.65. The van der Waals surface area contributed by atoms with Crippen molar-refractivity contribution in [1.82, 2.24) is 4.90 Å². The minimum atomic E-state index is -4.28. The van der Waals surface area contributed by atoms with Crippen molar-refractivity contribution in [3.63, 3.8) is 0 Å². The highest BCUT2D eigenvalue weighted by Crippen LogP contribution is 2.23. The zero-order chi connectivity index (χ0) is 16.0. The van der Waals surface area contributed by atoms with E-state index in [4.69, 9.17) is 10.5 Å². The number of ether oxygens (including phenoxy) is 1. The van der Waals surface area contributed by atoms with Gasteiger partial charge in [0.2, 0.25) is 0 Å². The van der Waals surface area contributed by atoms with E-state index in [1.807, 2.05) is 0 Å². The Hall–Kier alpha value is -1.34. The number of alkyl halides is 3. The van der Waals surface area contributed by atoms with Crippen LogP contribution >= 0.6 is 0 Å². The summed E-state index contributed by atoms with van der Waals surface area (Å²) >= 11 is 0. The summed E-state index contributed by atoms with van der Waals surface area (Å²) in [6.07, 6.45) is -3.69. The molecule has 0 bridgehead atoms. The molecule has 0 saturated carbocycles. The van der Waals surface area contributed by atoms with Gasteiger partial charge < -0.3 is 10.5 Å². The molecule has 0 saturated heterocycles. The van der Waals surface area contributed by atoms with Gasteiger partial charge in [0.1, 0.15) is 0 Å². The molecule has 0 aliphatic carbocycles. The molecular formula is C14H20F4N2O. The smallest absolute Gasteiger partial charge is 0.401 e. The number of methoxy groups -OCH3 is 1. The summed E-state index contributed by atoms with van der Waals surface area (Å²) in [5.41, 5.74) is 6.33. The van der Waals surface area contributed by atoms with E-state index in [2.05, 4.69) is 0 Å². The van der Waals surface area contributed by atoms with Crippen molar-refractivity contribution >= 4 is 0 Å². The molecule has 2 N–H and O–H groups in total. The zero-order valence-electron chi connectivity index (χ0n) is 12.1. The highest BCUT2D eigenvalue weighted by molar-refractivity contribution is 5.31. The Bertz CT molecular complexity index is 451. The number of nitrogens with zero attached hydrogens (tertiary/aromatic N) is 1. The van der Waals surface area contributed by atoms with Crippen LogP contribution in [-0.2, 0) is 0 Å². The Morgan fingerprint density at radius 2 is 2.00 bits per heavy atom. The monoisotopic (exact) mass is 308 g/mol. The quantitative estimate of drug-likeness (QED) is 0.787. The fourth-order valence-electron chi connectivity index (χ4n) is 2.10. The summed E-state index contributed by atoms with van der Waals surface area (Å²) < 4.78 is 55.8. The maximum atomic E-state index is 13.6. The Morgan fingerprint density at radius 1 is 1.33 bits per heavy atom. The zero-order valence-corrected chi connectivity index (χ0v) is 12.1. The second kappa shape index (κ2) is 7.61. The SMILES string of the molecule is CCCN(CC(N)c1ccc(OC)c(F)c1)CC(F)(F)F. The largest absolute Gasteiger partial charge is 0.494 e. The molecule has 0 aromatic heterocycles. The Morgan fingerprint density at radius 3 is 2.48 bits per heavy atom. The lowest BCUT2D eigenvalue weighted by atomic mass is 10.1. The van der Waals surface area contributed by atoms with Gasteiger partial charge in [0.25, 0.3) is 0 Å². The molecule has 7 heteroatoms. The van der Waals surface area contributed by atoms with Crippen molar-refractivity contribution in [2.24, 2.45) is 5.73 Å². The van der Waals surface area contributed by atoms with Crippen molar-refractivity contribution in [3.8, 4) is 5.75 Å². The average molecular weight is 308 g/mol. The number of hydrogen-bond acceptors (Lipinski definition) is 3. The summed E-state index contributed by atoms with van der Waals surface area (Å²) in [4.78, 5) is 1.23. The number of hydrogen-bond donors (Lipinski definition) is 1. The molecule has 1 unspecified atom stereocenters. The Kier molecular flexibility index (Phi) is 6.42. The average Bonchev–Trinajstić information content (AvgIpc) is 2.36. The fourth-order valence-corrected chi connectivity index (χ4v) is 2.10. The summed E-state index contributed by atoms with van der Waals surface area (Å²) in [5.74, 6) is -0.505. The first kappa shape index (κ1) is 17.7. The summed E-state index contributed by atoms with van der Waals surface area (Å²) in [7, 11) is 1.34. The Labute approximate surface area is 121 Å². The molecule has 120 valence electrons. The standard InChI is InChI=1S/C14H20F4N2O/c1-3-6-20(9-14(16,17)18)8-12(19)10-4-5-13(21-2)11(15)7-10/h4-5,7,12H,3,6,8-9,19H2,1-2H3. The third-order valence-electron chi connectivity index (χ3n) is 3.00. The normalized spacial score (nSPS) is 13.5. The molecule has 3 nitrogen and oxygen atoms in total. The van der Waals surface area contributed by atoms with E-state index < -0.39 is 24.6 Å². The lowest BCUT2D eigenvalue weighted by molar-refractivity contribution is -0.146. The molecule has 1 aromatic rings. The van der Waals surface area contributed by atoms with Crippen molar-refractivity contribution < 1.29 is 22.3 Å². The van der Waals surface area contributed by atoms with E-state index in [1.165, 1.54) is 24.1 Å². The van der Waals surface area contributed by atoms with Crippen molar-refractivity contribution in [1.29, 1.82) is 0 Å². The second-order valence-corrected chi connectivity index (χ2v) is 4.85. The van der Waals surface area contributed by atoms with Crippen molar-refractivity contribution in [2.45, 2.75) is 25.6 Å². The van der Waals surface area contributed by atoms with Crippen LogP contribution in [0.3, 0.4) is 0 Å². The number of rotatable bonds is 7. The van der Waals surface area contributed by atoms with Crippen molar-refractivity contribution in [2.75, 3.05) is 26.7 Å². The molecule has 0 aliphatic heterocycles. The van der Waals surface area contributed by atoms with E-state index in [-0.39, 0.29) is 18.8 Å². The van der Waals surface area contributed by atoms with Gasteiger partial charge in [0.05, 0.1) is 13.7 Å². The van der Waals surface area contributed by atoms with Crippen LogP contribution in [0.2, 0.25) is 0 Å². The fraction of sp³-hybridized carbons (Fsp3) is 0.571. The summed E-state index contributed by atoms with van der Waals surface area (Å²) in [6, 6.07) is 3.48. The third-order valence-corrected chi connectivity index (χ3v) is 3.00. The van der Waals surface area contributed by atoms with Crippen LogP contribution in [0.5, 0.6) is 5.75 Å². The van der Waals surface area contributed by atoms with Gasteiger partial charge >= 0.3 is 6.18 Å². The number of benzene rings is 1. The third kappa shape index (κ3) is 5.89. The summed E-state index contributed by atoms with van der Waals surface area (Å²) in [5, 5.41) is 0. The first-order chi connectivity index (χ1) is 9.76. The Balaban J connectivity index is 2.76. The van der Waals surface area contributed by atoms with E-state index in [0.717, 1.165) is 0 Å². The molecule has 0 amide bonds. The molecule has 0 radical (unpaired) electrons. The number of nitrogens with two attached hydrogens (primary N) is 1. The van der Waals surface area contributed by atoms with Crippen molar-refractivity contribution in [3.05, 3.63) is 29.6 Å². The highest BCUT2D eigenvalue weighted by atomic mass is 19.4. The second-order valence-electron chi connectivity index (χ2n) is 4.85. The predicted octanol–water partition coefficient (Wildman–Crippen LogP) is 3.11. The highest BCUT2D eigenvalue weighted by Gasteiger charge is 2.31. The summed E-state index contributed by atoms with van der Waals surface area (Å²) in [6.45, 7) is 1.07. The minimum Gasteiger partial charge on any atom is -0.494 e. The molecule has 0 heterocycles. The van der Waals surface area contributed by atoms with E-state index in [9.17, 15) is 17.6 Å². The van der Waals surface area contributed by atoms with Gasteiger partial charge in [0, 0.05) is 12.6 Å². The first-order valence-corrected chi connectivity index (χ1v) is 6.65. The van der Waals surface area contributed by atoms with Crippen LogP contribution in [0.25, 0.3) is 0 Å². The lowest BCUT2D eigenvalue weighted by Gasteiger charge is -2.26. The molecule has 21 heavy (non-hydrogen) atoms. The molecule has 1 atom stereocenters. The predicted molar refractivity (Wildman–Crippen MR) is 72.7 cm³/mol. The van der Waals surface area contributed by atoms with E-state index >= 15 is 0 Å². The van der Waals surface area contributed by atoms with Crippen LogP contribution in [0.15, 0.2) is 18.2 Å². The lowest BCUT2D eigenvalue weighted by Crippen LogP contribution is -2.39. The van der Waals surface area contributed by atoms with Gasteiger partial charge in [-0.1, -0.05) is 13.0 Å². The van der Waals surface area contributed by atoms with Gasteiger partial charge in [-0.05, 0) is 30.7 Å². The van der Waals surface area contributed by atoms with Gasteiger partial charge in [-0.2, -0.15) is 13.2 Å². The minimum absolute atomic E-state index is 0.0130. The molecule has 0 fully saturated rings. The number of halogens is 4. The van der Waals surface area contributed by atoms with Crippen LogP contribution in [0, 0.1) is 5.82 Å². The van der Waals surface area contributed by atoms with E-state index in [0.29, 0.717) is 12.0 Å². The maximum Gasteiger partial charge on any atom is 0.401 e. The molecule has 0 aliphatic rings. The topological polar surface area (TPSA) is 38.5 Å². The molecule has 1 rings (SSSR count). The van der Waals surface area contributed by atoms with Crippen LogP contribution in [0.4, 0.5) is 17.6 Å². The van der Waals surface area contributed by atoms with Crippen LogP contribution in [-0.4, -0.2) is 37.8 Å². The van der Waals surface area contributed by atoms with Gasteiger partial charge in [-0.25, -0.2) is 4.39 Å². The maximum absolute atomic E-state index is 13.6. The van der Waals surface area contributed by atoms with E-state index in [1.54, 1.807) is 13.0 Å².